The van der Waals surface area contributed by atoms with Gasteiger partial charge in [0.1, 0.15) is 11.4 Å². The van der Waals surface area contributed by atoms with Crippen LogP contribution in [0.1, 0.15) is 24.3 Å². The molecule has 0 saturated carbocycles. The Labute approximate surface area is 115 Å². The standard InChI is InChI=1S/C14H15N3O3/c1-9(2)20-14-11(6-4-8-15-14)17-13(19)10-5-3-7-12(18)16-10/h3-9H,1-2H3,(H,16,18)(H,17,19). The first kappa shape index (κ1) is 13.8. The molecule has 20 heavy (non-hydrogen) atoms. The molecule has 0 saturated heterocycles. The maximum absolute atomic E-state index is 12.0. The average Bonchev–Trinajstić information content (AvgIpc) is 2.40. The van der Waals surface area contributed by atoms with Crippen molar-refractivity contribution in [3.8, 4) is 5.88 Å². The van der Waals surface area contributed by atoms with E-state index in [0.717, 1.165) is 0 Å². The third-order valence-electron chi connectivity index (χ3n) is 2.38. The van der Waals surface area contributed by atoms with Crippen LogP contribution < -0.4 is 15.6 Å². The maximum Gasteiger partial charge on any atom is 0.272 e. The Morgan fingerprint density at radius 2 is 2.10 bits per heavy atom. The molecule has 0 aliphatic rings. The number of hydrogen-bond acceptors (Lipinski definition) is 4. The molecular formula is C14H15N3O3. The fourth-order valence-corrected chi connectivity index (χ4v) is 1.57. The number of hydrogen-bond donors (Lipinski definition) is 2. The predicted octanol–water partition coefficient (Wildman–Crippen LogP) is 1.81. The molecule has 0 aliphatic heterocycles. The second-order valence-electron chi connectivity index (χ2n) is 4.41. The lowest BCUT2D eigenvalue weighted by Gasteiger charge is -2.13. The molecule has 104 valence electrons. The van der Waals surface area contributed by atoms with Gasteiger partial charge in [-0.2, -0.15) is 0 Å². The second kappa shape index (κ2) is 6.01. The highest BCUT2D eigenvalue weighted by Gasteiger charge is 2.12. The Balaban J connectivity index is 2.22. The summed E-state index contributed by atoms with van der Waals surface area (Å²) in [6.45, 7) is 3.74. The molecule has 2 N–H and O–H groups in total. The molecule has 0 atom stereocenters. The van der Waals surface area contributed by atoms with Gasteiger partial charge in [0.25, 0.3) is 5.91 Å². The van der Waals surface area contributed by atoms with Crippen LogP contribution in [0.25, 0.3) is 0 Å². The van der Waals surface area contributed by atoms with Gasteiger partial charge in [-0.25, -0.2) is 4.98 Å². The molecule has 0 fully saturated rings. The van der Waals surface area contributed by atoms with E-state index in [1.54, 1.807) is 18.3 Å². The van der Waals surface area contributed by atoms with E-state index < -0.39 is 5.91 Å². The topological polar surface area (TPSA) is 84.1 Å². The van der Waals surface area contributed by atoms with E-state index in [4.69, 9.17) is 4.74 Å². The molecule has 0 radical (unpaired) electrons. The zero-order valence-corrected chi connectivity index (χ0v) is 11.2. The monoisotopic (exact) mass is 273 g/mol. The Hall–Kier alpha value is -2.63. The fraction of sp³-hybridized carbons (Fsp3) is 0.214. The van der Waals surface area contributed by atoms with Crippen molar-refractivity contribution >= 4 is 11.6 Å². The largest absolute Gasteiger partial charge is 0.473 e. The molecule has 0 aliphatic carbocycles. The van der Waals surface area contributed by atoms with Gasteiger partial charge >= 0.3 is 0 Å². The number of nitrogens with one attached hydrogen (secondary N) is 2. The maximum atomic E-state index is 12.0. The number of H-pyrrole nitrogens is 1. The number of rotatable bonds is 4. The number of anilines is 1. The molecule has 6 heteroatoms. The molecule has 0 unspecified atom stereocenters. The lowest BCUT2D eigenvalue weighted by atomic mass is 10.3. The Bertz CT molecular complexity index is 664. The van der Waals surface area contributed by atoms with Crippen molar-refractivity contribution in [3.05, 3.63) is 52.6 Å². The first-order valence-electron chi connectivity index (χ1n) is 6.18. The molecule has 0 spiro atoms. The number of nitrogens with zero attached hydrogens (tertiary/aromatic N) is 1. The van der Waals surface area contributed by atoms with Crippen LogP contribution in [0.3, 0.4) is 0 Å². The van der Waals surface area contributed by atoms with Crippen LogP contribution in [-0.4, -0.2) is 22.0 Å². The van der Waals surface area contributed by atoms with Gasteiger partial charge in [-0.1, -0.05) is 6.07 Å². The number of carbonyl (C=O) groups is 1. The second-order valence-corrected chi connectivity index (χ2v) is 4.41. The normalized spacial score (nSPS) is 10.3. The van der Waals surface area contributed by atoms with Gasteiger partial charge in [-0.3, -0.25) is 9.59 Å². The molecule has 1 amide bonds. The summed E-state index contributed by atoms with van der Waals surface area (Å²) >= 11 is 0. The Kier molecular flexibility index (Phi) is 4.14. The minimum Gasteiger partial charge on any atom is -0.473 e. The van der Waals surface area contributed by atoms with Crippen molar-refractivity contribution in [3.63, 3.8) is 0 Å². The lowest BCUT2D eigenvalue weighted by Crippen LogP contribution is -2.19. The number of aromatic nitrogens is 2. The van der Waals surface area contributed by atoms with Gasteiger partial charge in [-0.15, -0.1) is 0 Å². The first-order chi connectivity index (χ1) is 9.56. The zero-order valence-electron chi connectivity index (χ0n) is 11.2. The SMILES string of the molecule is CC(C)Oc1ncccc1NC(=O)c1cccc(=O)[nH]1. The van der Waals surface area contributed by atoms with Crippen LogP contribution in [0.5, 0.6) is 5.88 Å². The van der Waals surface area contributed by atoms with Gasteiger partial charge < -0.3 is 15.0 Å². The lowest BCUT2D eigenvalue weighted by molar-refractivity contribution is 0.102. The summed E-state index contributed by atoms with van der Waals surface area (Å²) in [6.07, 6.45) is 1.52. The van der Waals surface area contributed by atoms with Crippen LogP contribution in [-0.2, 0) is 0 Å². The van der Waals surface area contributed by atoms with E-state index >= 15 is 0 Å². The van der Waals surface area contributed by atoms with Gasteiger partial charge in [0, 0.05) is 12.3 Å². The van der Waals surface area contributed by atoms with Crippen LogP contribution >= 0.6 is 0 Å². The summed E-state index contributed by atoms with van der Waals surface area (Å²) in [5, 5.41) is 2.66. The minimum atomic E-state index is -0.427. The van der Waals surface area contributed by atoms with Crippen LogP contribution in [0.4, 0.5) is 5.69 Å². The van der Waals surface area contributed by atoms with Crippen molar-refractivity contribution < 1.29 is 9.53 Å². The van der Waals surface area contributed by atoms with Crippen molar-refractivity contribution in [1.82, 2.24) is 9.97 Å². The van der Waals surface area contributed by atoms with Gasteiger partial charge in [-0.05, 0) is 32.0 Å². The number of amides is 1. The summed E-state index contributed by atoms with van der Waals surface area (Å²) in [5.74, 6) is -0.0848. The fourth-order valence-electron chi connectivity index (χ4n) is 1.57. The predicted molar refractivity (Wildman–Crippen MR) is 75.0 cm³/mol. The highest BCUT2D eigenvalue weighted by Crippen LogP contribution is 2.22. The number of aromatic amines is 1. The highest BCUT2D eigenvalue weighted by atomic mass is 16.5. The van der Waals surface area contributed by atoms with Gasteiger partial charge in [0.2, 0.25) is 11.4 Å². The van der Waals surface area contributed by atoms with E-state index in [2.05, 4.69) is 15.3 Å². The van der Waals surface area contributed by atoms with Crippen molar-refractivity contribution in [2.45, 2.75) is 20.0 Å². The zero-order chi connectivity index (χ0) is 14.5. The van der Waals surface area contributed by atoms with Crippen LogP contribution in [0.15, 0.2) is 41.3 Å². The molecule has 6 nitrogen and oxygen atoms in total. The molecular weight excluding hydrogens is 258 g/mol. The van der Waals surface area contributed by atoms with E-state index in [1.165, 1.54) is 18.2 Å². The highest BCUT2D eigenvalue weighted by molar-refractivity contribution is 6.03. The minimum absolute atomic E-state index is 0.0583. The molecule has 0 bridgehead atoms. The van der Waals surface area contributed by atoms with Crippen molar-refractivity contribution in [2.75, 3.05) is 5.32 Å². The van der Waals surface area contributed by atoms with E-state index in [-0.39, 0.29) is 17.4 Å². The Morgan fingerprint density at radius 1 is 1.30 bits per heavy atom. The quantitative estimate of drug-likeness (QED) is 0.889. The third kappa shape index (κ3) is 3.44. The Morgan fingerprint density at radius 3 is 2.80 bits per heavy atom. The molecule has 2 aromatic heterocycles. The smallest absolute Gasteiger partial charge is 0.272 e. The number of carbonyl (C=O) groups excluding carboxylic acids is 1. The average molecular weight is 273 g/mol. The number of pyridine rings is 2. The van der Waals surface area contributed by atoms with Crippen LogP contribution in [0, 0.1) is 0 Å². The summed E-state index contributed by atoms with van der Waals surface area (Å²) < 4.78 is 5.51. The molecule has 2 rings (SSSR count). The first-order valence-corrected chi connectivity index (χ1v) is 6.18. The van der Waals surface area contributed by atoms with E-state index in [0.29, 0.717) is 11.6 Å². The molecule has 0 aromatic carbocycles. The number of ether oxygens (including phenoxy) is 1. The molecule has 2 heterocycles. The van der Waals surface area contributed by atoms with Gasteiger partial charge in [0.15, 0.2) is 0 Å². The summed E-state index contributed by atoms with van der Waals surface area (Å²) in [6, 6.07) is 7.76. The summed E-state index contributed by atoms with van der Waals surface area (Å²) in [4.78, 5) is 29.8. The van der Waals surface area contributed by atoms with Crippen molar-refractivity contribution in [1.29, 1.82) is 0 Å². The third-order valence-corrected chi connectivity index (χ3v) is 2.38. The van der Waals surface area contributed by atoms with E-state index in [1.807, 2.05) is 13.8 Å². The van der Waals surface area contributed by atoms with Gasteiger partial charge in [0.05, 0.1) is 6.10 Å². The van der Waals surface area contributed by atoms with E-state index in [9.17, 15) is 9.59 Å². The summed E-state index contributed by atoms with van der Waals surface area (Å²) in [5.41, 5.74) is 0.301. The van der Waals surface area contributed by atoms with Crippen LogP contribution in [0.2, 0.25) is 0 Å². The summed E-state index contributed by atoms with van der Waals surface area (Å²) in [7, 11) is 0. The van der Waals surface area contributed by atoms with Crippen molar-refractivity contribution in [2.24, 2.45) is 0 Å². The molecule has 2 aromatic rings.